The average molecular weight is 165 g/mol. The van der Waals surface area contributed by atoms with Gasteiger partial charge < -0.3 is 5.32 Å². The minimum Gasteiger partial charge on any atom is -0.310 e. The third-order valence-corrected chi connectivity index (χ3v) is 6.06. The van der Waals surface area contributed by atoms with Crippen LogP contribution in [0.1, 0.15) is 13.8 Å². The monoisotopic (exact) mass is 165 g/mol. The van der Waals surface area contributed by atoms with Crippen molar-refractivity contribution in [2.75, 3.05) is 13.7 Å². The van der Waals surface area contributed by atoms with E-state index in [0.29, 0.717) is 5.52 Å². The van der Waals surface area contributed by atoms with Crippen molar-refractivity contribution in [1.29, 1.82) is 0 Å². The van der Waals surface area contributed by atoms with Crippen LogP contribution in [0, 0.1) is 0 Å². The fraction of sp³-hybridized carbons (Fsp3) is 1.00. The van der Waals surface area contributed by atoms with E-state index in [1.165, 1.54) is 0 Å². The summed E-state index contributed by atoms with van der Waals surface area (Å²) in [6.07, 6.45) is 0. The SMILES string of the molecule is CNC(P)P(C)C(C)C. The van der Waals surface area contributed by atoms with Gasteiger partial charge in [-0.05, 0) is 19.4 Å². The first kappa shape index (κ1) is 9.82. The lowest BCUT2D eigenvalue weighted by Crippen LogP contribution is -2.18. The lowest BCUT2D eigenvalue weighted by Gasteiger charge is -2.23. The van der Waals surface area contributed by atoms with Crippen LogP contribution in [-0.4, -0.2) is 24.9 Å². The van der Waals surface area contributed by atoms with Gasteiger partial charge >= 0.3 is 0 Å². The summed E-state index contributed by atoms with van der Waals surface area (Å²) in [6, 6.07) is 0. The molecule has 1 nitrogen and oxygen atoms in total. The zero-order valence-electron chi connectivity index (χ0n) is 6.68. The lowest BCUT2D eigenvalue weighted by molar-refractivity contribution is 0.910. The molecule has 0 aromatic carbocycles. The Morgan fingerprint density at radius 2 is 1.89 bits per heavy atom. The van der Waals surface area contributed by atoms with Crippen molar-refractivity contribution in [3.8, 4) is 0 Å². The second-order valence-corrected chi connectivity index (χ2v) is 6.64. The maximum atomic E-state index is 3.24. The van der Waals surface area contributed by atoms with Gasteiger partial charge in [-0.1, -0.05) is 21.8 Å². The first-order valence-electron chi connectivity index (χ1n) is 3.24. The summed E-state index contributed by atoms with van der Waals surface area (Å²) in [6.45, 7) is 6.88. The Labute approximate surface area is 61.9 Å². The van der Waals surface area contributed by atoms with Gasteiger partial charge in [0.2, 0.25) is 0 Å². The van der Waals surface area contributed by atoms with Crippen molar-refractivity contribution in [2.24, 2.45) is 0 Å². The minimum atomic E-state index is 0.151. The predicted molar refractivity (Wildman–Crippen MR) is 50.5 cm³/mol. The molecule has 0 saturated heterocycles. The minimum absolute atomic E-state index is 0.151. The zero-order valence-corrected chi connectivity index (χ0v) is 8.73. The first-order chi connectivity index (χ1) is 4.09. The predicted octanol–water partition coefficient (Wildman–Crippen LogP) is 1.88. The Morgan fingerprint density at radius 3 is 2.00 bits per heavy atom. The molecule has 0 fully saturated rings. The average Bonchev–Trinajstić information content (AvgIpc) is 1.84. The third-order valence-electron chi connectivity index (χ3n) is 1.55. The summed E-state index contributed by atoms with van der Waals surface area (Å²) in [4.78, 5) is 0. The summed E-state index contributed by atoms with van der Waals surface area (Å²) in [5.74, 6) is 0. The van der Waals surface area contributed by atoms with Gasteiger partial charge in [-0.25, -0.2) is 0 Å². The smallest absolute Gasteiger partial charge is 0.0406 e. The molecule has 0 aliphatic heterocycles. The molecular weight excluding hydrogens is 148 g/mol. The molecule has 9 heavy (non-hydrogen) atoms. The van der Waals surface area contributed by atoms with E-state index in [-0.39, 0.29) is 7.92 Å². The molecule has 3 unspecified atom stereocenters. The van der Waals surface area contributed by atoms with Crippen molar-refractivity contribution >= 4 is 17.2 Å². The van der Waals surface area contributed by atoms with Crippen LogP contribution in [-0.2, 0) is 0 Å². The normalized spacial score (nSPS) is 18.0. The van der Waals surface area contributed by atoms with E-state index in [1.54, 1.807) is 0 Å². The molecule has 56 valence electrons. The number of rotatable bonds is 3. The second-order valence-electron chi connectivity index (χ2n) is 2.49. The molecule has 0 rings (SSSR count). The van der Waals surface area contributed by atoms with Crippen LogP contribution < -0.4 is 5.32 Å². The van der Waals surface area contributed by atoms with Gasteiger partial charge in [-0.15, -0.1) is 9.24 Å². The van der Waals surface area contributed by atoms with Crippen LogP contribution >= 0.6 is 17.2 Å². The highest BCUT2D eigenvalue weighted by Gasteiger charge is 2.11. The molecule has 3 heteroatoms. The Bertz CT molecular complexity index is 75.5. The second kappa shape index (κ2) is 4.61. The molecule has 0 radical (unpaired) electrons. The lowest BCUT2D eigenvalue weighted by atomic mass is 10.6. The molecule has 0 amide bonds. The highest BCUT2D eigenvalue weighted by molar-refractivity contribution is 7.65. The van der Waals surface area contributed by atoms with Crippen molar-refractivity contribution in [3.63, 3.8) is 0 Å². The van der Waals surface area contributed by atoms with Crippen LogP contribution in [0.5, 0.6) is 0 Å². The summed E-state index contributed by atoms with van der Waals surface area (Å²) in [5.41, 5.74) is 1.45. The summed E-state index contributed by atoms with van der Waals surface area (Å²) in [5, 5.41) is 3.24. The molecule has 0 heterocycles. The van der Waals surface area contributed by atoms with E-state index in [2.05, 4.69) is 35.1 Å². The van der Waals surface area contributed by atoms with Crippen LogP contribution in [0.2, 0.25) is 0 Å². The number of hydrogen-bond acceptors (Lipinski definition) is 1. The number of nitrogens with one attached hydrogen (secondary N) is 1. The quantitative estimate of drug-likeness (QED) is 0.629. The topological polar surface area (TPSA) is 12.0 Å². The Morgan fingerprint density at radius 1 is 1.44 bits per heavy atom. The Hall–Kier alpha value is 0.820. The summed E-state index contributed by atoms with van der Waals surface area (Å²) in [7, 11) is 5.00. The van der Waals surface area contributed by atoms with Crippen LogP contribution in [0.15, 0.2) is 0 Å². The molecule has 0 bridgehead atoms. The highest BCUT2D eigenvalue weighted by atomic mass is 31.2. The van der Waals surface area contributed by atoms with E-state index in [1.807, 2.05) is 7.05 Å². The molecule has 0 aromatic heterocycles. The van der Waals surface area contributed by atoms with E-state index in [9.17, 15) is 0 Å². The zero-order chi connectivity index (χ0) is 7.44. The molecule has 3 atom stereocenters. The van der Waals surface area contributed by atoms with Crippen molar-refractivity contribution in [3.05, 3.63) is 0 Å². The molecule has 0 spiro atoms. The molecule has 0 aliphatic carbocycles. The largest absolute Gasteiger partial charge is 0.310 e. The van der Waals surface area contributed by atoms with Gasteiger partial charge in [0.1, 0.15) is 0 Å². The Balaban J connectivity index is 3.58. The number of hydrogen-bond donors (Lipinski definition) is 1. The van der Waals surface area contributed by atoms with E-state index in [4.69, 9.17) is 0 Å². The fourth-order valence-electron chi connectivity index (χ4n) is 0.525. The van der Waals surface area contributed by atoms with Gasteiger partial charge in [-0.3, -0.25) is 0 Å². The van der Waals surface area contributed by atoms with Crippen LogP contribution in [0.4, 0.5) is 0 Å². The van der Waals surface area contributed by atoms with Gasteiger partial charge in [-0.2, -0.15) is 0 Å². The van der Waals surface area contributed by atoms with Crippen molar-refractivity contribution in [2.45, 2.75) is 25.0 Å². The van der Waals surface area contributed by atoms with E-state index in [0.717, 1.165) is 5.66 Å². The van der Waals surface area contributed by atoms with E-state index < -0.39 is 0 Å². The molecular formula is C6H17NP2. The summed E-state index contributed by atoms with van der Waals surface area (Å²) < 4.78 is 0. The maximum absolute atomic E-state index is 3.24. The molecule has 0 aliphatic rings. The first-order valence-corrected chi connectivity index (χ1v) is 5.83. The van der Waals surface area contributed by atoms with Gasteiger partial charge in [0.25, 0.3) is 0 Å². The fourth-order valence-corrected chi connectivity index (χ4v) is 2.61. The summed E-state index contributed by atoms with van der Waals surface area (Å²) >= 11 is 0. The van der Waals surface area contributed by atoms with E-state index >= 15 is 0 Å². The third kappa shape index (κ3) is 3.50. The molecule has 1 N–H and O–H groups in total. The van der Waals surface area contributed by atoms with Crippen molar-refractivity contribution in [1.82, 2.24) is 5.32 Å². The Kier molecular flexibility index (Phi) is 5.03. The van der Waals surface area contributed by atoms with Gasteiger partial charge in [0.05, 0.1) is 0 Å². The molecule has 0 saturated carbocycles. The molecule has 0 aromatic rings. The standard InChI is InChI=1S/C6H17NP2/c1-5(2)9(4)6(8)7-3/h5-7H,8H2,1-4H3. The van der Waals surface area contributed by atoms with Crippen molar-refractivity contribution < 1.29 is 0 Å². The van der Waals surface area contributed by atoms with Gasteiger partial charge in [0, 0.05) is 5.52 Å². The highest BCUT2D eigenvalue weighted by Crippen LogP contribution is 2.43. The van der Waals surface area contributed by atoms with Crippen LogP contribution in [0.3, 0.4) is 0 Å². The van der Waals surface area contributed by atoms with Crippen LogP contribution in [0.25, 0.3) is 0 Å². The van der Waals surface area contributed by atoms with Gasteiger partial charge in [0.15, 0.2) is 0 Å². The maximum Gasteiger partial charge on any atom is 0.0406 e.